The molecule has 0 spiro atoms. The first kappa shape index (κ1) is 13.3. The van der Waals surface area contributed by atoms with Crippen LogP contribution in [0.1, 0.15) is 26.7 Å². The van der Waals surface area contributed by atoms with Crippen molar-refractivity contribution in [3.8, 4) is 5.13 Å². The van der Waals surface area contributed by atoms with Gasteiger partial charge in [-0.1, -0.05) is 16.5 Å². The molecule has 1 aliphatic rings. The van der Waals surface area contributed by atoms with Crippen molar-refractivity contribution in [3.05, 3.63) is 52.6 Å². The average Bonchev–Trinajstić information content (AvgIpc) is 3.25. The van der Waals surface area contributed by atoms with Gasteiger partial charge in [-0.2, -0.15) is 0 Å². The highest BCUT2D eigenvalue weighted by Gasteiger charge is 2.27. The second-order valence-corrected chi connectivity index (χ2v) is 6.23. The van der Waals surface area contributed by atoms with E-state index in [1.165, 1.54) is 11.3 Å². The summed E-state index contributed by atoms with van der Waals surface area (Å²) in [6, 6.07) is 3.88. The van der Waals surface area contributed by atoms with Crippen molar-refractivity contribution in [2.45, 2.75) is 19.9 Å². The number of hydrogen-bond donors (Lipinski definition) is 0. The molecule has 0 atom stereocenters. The monoisotopic (exact) mass is 314 g/mol. The zero-order chi connectivity index (χ0) is 15.1. The highest BCUT2D eigenvalue weighted by Crippen LogP contribution is 2.26. The molecule has 4 heterocycles. The summed E-state index contributed by atoms with van der Waals surface area (Å²) >= 11 is 1.42. The van der Waals surface area contributed by atoms with E-state index in [0.29, 0.717) is 24.4 Å². The fourth-order valence-corrected chi connectivity index (χ4v) is 3.61. The van der Waals surface area contributed by atoms with Crippen molar-refractivity contribution in [2.24, 2.45) is 0 Å². The van der Waals surface area contributed by atoms with Gasteiger partial charge in [0.25, 0.3) is 5.91 Å². The van der Waals surface area contributed by atoms with E-state index in [2.05, 4.69) is 10.1 Å². The first-order valence-corrected chi connectivity index (χ1v) is 7.86. The molecule has 22 heavy (non-hydrogen) atoms. The summed E-state index contributed by atoms with van der Waals surface area (Å²) in [6.07, 6.45) is 6.26. The van der Waals surface area contributed by atoms with Crippen LogP contribution in [-0.2, 0) is 13.0 Å². The molecule has 0 aromatic carbocycles. The number of thiazole rings is 1. The van der Waals surface area contributed by atoms with E-state index < -0.39 is 0 Å². The van der Waals surface area contributed by atoms with Crippen molar-refractivity contribution < 1.29 is 9.32 Å². The number of nitrogens with zero attached hydrogens (tertiary/aromatic N) is 4. The lowest BCUT2D eigenvalue weighted by atomic mass is 10.1. The predicted molar refractivity (Wildman–Crippen MR) is 81.1 cm³/mol. The van der Waals surface area contributed by atoms with Gasteiger partial charge in [0, 0.05) is 30.9 Å². The van der Waals surface area contributed by atoms with Crippen LogP contribution in [0.3, 0.4) is 0 Å². The number of carbonyl (C=O) groups excluding carboxylic acids is 1. The van der Waals surface area contributed by atoms with Crippen LogP contribution in [0.25, 0.3) is 5.13 Å². The van der Waals surface area contributed by atoms with E-state index in [0.717, 1.165) is 22.1 Å². The zero-order valence-corrected chi connectivity index (χ0v) is 12.8. The van der Waals surface area contributed by atoms with E-state index in [4.69, 9.17) is 4.52 Å². The minimum absolute atomic E-state index is 0.0280. The summed E-state index contributed by atoms with van der Waals surface area (Å²) in [5, 5.41) is 4.61. The van der Waals surface area contributed by atoms with E-state index in [-0.39, 0.29) is 5.91 Å². The van der Waals surface area contributed by atoms with Crippen molar-refractivity contribution in [1.29, 1.82) is 0 Å². The molecule has 0 saturated heterocycles. The fraction of sp³-hybridized carbons (Fsp3) is 0.267. The maximum atomic E-state index is 12.8. The molecular formula is C15H14N4O2S. The van der Waals surface area contributed by atoms with E-state index in [9.17, 15) is 4.79 Å². The van der Waals surface area contributed by atoms with Gasteiger partial charge in [0.05, 0.1) is 18.4 Å². The maximum Gasteiger partial charge on any atom is 0.266 e. The third-order valence-electron chi connectivity index (χ3n) is 3.79. The molecule has 6 nitrogen and oxygen atoms in total. The fourth-order valence-electron chi connectivity index (χ4n) is 2.61. The Morgan fingerprint density at radius 1 is 1.36 bits per heavy atom. The highest BCUT2D eigenvalue weighted by atomic mass is 32.1. The van der Waals surface area contributed by atoms with Crippen molar-refractivity contribution in [1.82, 2.24) is 19.6 Å². The molecule has 0 bridgehead atoms. The third kappa shape index (κ3) is 2.14. The molecule has 3 aromatic heterocycles. The number of aryl methyl sites for hydroxylation is 1. The lowest BCUT2D eigenvalue weighted by Gasteiger charge is -2.25. The van der Waals surface area contributed by atoms with Crippen LogP contribution in [0.15, 0.2) is 35.2 Å². The molecule has 1 aliphatic heterocycles. The Bertz CT molecular complexity index is 819. The molecule has 0 saturated carbocycles. The molecule has 0 radical (unpaired) electrons. The minimum atomic E-state index is 0.0280. The van der Waals surface area contributed by atoms with Gasteiger partial charge in [0.1, 0.15) is 10.6 Å². The first-order chi connectivity index (χ1) is 10.7. The molecule has 7 heteroatoms. The van der Waals surface area contributed by atoms with Crippen LogP contribution in [0.2, 0.25) is 0 Å². The second-order valence-electron chi connectivity index (χ2n) is 5.25. The van der Waals surface area contributed by atoms with E-state index >= 15 is 0 Å². The molecule has 3 aromatic rings. The lowest BCUT2D eigenvalue weighted by molar-refractivity contribution is 0.0733. The van der Waals surface area contributed by atoms with Crippen LogP contribution in [0.4, 0.5) is 0 Å². The van der Waals surface area contributed by atoms with Gasteiger partial charge in [0.15, 0.2) is 5.13 Å². The van der Waals surface area contributed by atoms with Crippen LogP contribution >= 0.6 is 11.3 Å². The molecule has 112 valence electrons. The Hall–Kier alpha value is -2.41. The Morgan fingerprint density at radius 2 is 2.18 bits per heavy atom. The maximum absolute atomic E-state index is 12.8. The number of hydrogen-bond acceptors (Lipinski definition) is 5. The summed E-state index contributed by atoms with van der Waals surface area (Å²) in [4.78, 5) is 19.8. The largest absolute Gasteiger partial charge is 0.361 e. The van der Waals surface area contributed by atoms with E-state index in [1.54, 1.807) is 6.20 Å². The number of rotatable bonds is 2. The molecule has 0 N–H and O–H groups in total. The van der Waals surface area contributed by atoms with Crippen LogP contribution in [0, 0.1) is 6.92 Å². The van der Waals surface area contributed by atoms with Crippen LogP contribution in [0.5, 0.6) is 0 Å². The van der Waals surface area contributed by atoms with Gasteiger partial charge in [-0.15, -0.1) is 0 Å². The predicted octanol–water partition coefficient (Wildman–Crippen LogP) is 2.43. The summed E-state index contributed by atoms with van der Waals surface area (Å²) < 4.78 is 7.08. The Morgan fingerprint density at radius 3 is 3.00 bits per heavy atom. The van der Waals surface area contributed by atoms with Gasteiger partial charge >= 0.3 is 0 Å². The molecule has 0 unspecified atom stereocenters. The molecule has 4 rings (SSSR count). The van der Waals surface area contributed by atoms with Gasteiger partial charge < -0.3 is 14.0 Å². The minimum Gasteiger partial charge on any atom is -0.361 e. The summed E-state index contributed by atoms with van der Waals surface area (Å²) in [5.74, 6) is 0.915. The smallest absolute Gasteiger partial charge is 0.266 e. The summed E-state index contributed by atoms with van der Waals surface area (Å²) in [6.45, 7) is 3.08. The molecule has 1 amide bonds. The second kappa shape index (κ2) is 5.10. The van der Waals surface area contributed by atoms with Crippen LogP contribution < -0.4 is 0 Å². The number of carbonyl (C=O) groups is 1. The number of fused-ring (bicyclic) bond motifs is 1. The summed E-state index contributed by atoms with van der Waals surface area (Å²) in [5.41, 5.74) is 1.77. The highest BCUT2D eigenvalue weighted by molar-refractivity contribution is 7.16. The summed E-state index contributed by atoms with van der Waals surface area (Å²) in [7, 11) is 0. The third-order valence-corrected chi connectivity index (χ3v) is 4.95. The first-order valence-electron chi connectivity index (χ1n) is 7.05. The standard InChI is InChI=1S/C15H14N4O2S/c1-10-13(22-15(17-10)18-5-2-3-6-18)14(20)19-7-4-12-11(9-19)8-16-21-12/h2-3,5-6,8H,4,7,9H2,1H3. The van der Waals surface area contributed by atoms with Gasteiger partial charge in [-0.05, 0) is 19.1 Å². The topological polar surface area (TPSA) is 64.2 Å². The van der Waals surface area contributed by atoms with Crippen molar-refractivity contribution in [2.75, 3.05) is 6.54 Å². The Balaban J connectivity index is 1.61. The Kier molecular flexibility index (Phi) is 3.07. The molecule has 0 aliphatic carbocycles. The SMILES string of the molecule is Cc1nc(-n2cccc2)sc1C(=O)N1CCc2oncc2C1. The molecule has 0 fully saturated rings. The molecular weight excluding hydrogens is 300 g/mol. The van der Waals surface area contributed by atoms with Crippen molar-refractivity contribution in [3.63, 3.8) is 0 Å². The Labute approximate surface area is 131 Å². The normalized spacial score (nSPS) is 14.1. The van der Waals surface area contributed by atoms with Crippen molar-refractivity contribution >= 4 is 17.2 Å². The van der Waals surface area contributed by atoms with Gasteiger partial charge in [-0.3, -0.25) is 4.79 Å². The number of amides is 1. The lowest BCUT2D eigenvalue weighted by Crippen LogP contribution is -2.35. The zero-order valence-electron chi connectivity index (χ0n) is 12.0. The van der Waals surface area contributed by atoms with E-state index in [1.807, 2.05) is 40.9 Å². The van der Waals surface area contributed by atoms with Gasteiger partial charge in [0.2, 0.25) is 0 Å². The quantitative estimate of drug-likeness (QED) is 0.729. The van der Waals surface area contributed by atoms with Crippen LogP contribution in [-0.4, -0.2) is 32.1 Å². The van der Waals surface area contributed by atoms with Gasteiger partial charge in [-0.25, -0.2) is 4.98 Å². The number of aromatic nitrogens is 3. The average molecular weight is 314 g/mol.